The summed E-state index contributed by atoms with van der Waals surface area (Å²) < 4.78 is 0. The molecule has 0 atom stereocenters. The van der Waals surface area contributed by atoms with Crippen molar-refractivity contribution in [3.63, 3.8) is 0 Å². The minimum atomic E-state index is 0.367. The van der Waals surface area contributed by atoms with Gasteiger partial charge in [-0.2, -0.15) is 0 Å². The van der Waals surface area contributed by atoms with Crippen LogP contribution in [0.5, 0.6) is 0 Å². The molecule has 19 heavy (non-hydrogen) atoms. The van der Waals surface area contributed by atoms with Gasteiger partial charge in [0.15, 0.2) is 0 Å². The first kappa shape index (κ1) is 15.3. The second-order valence-corrected chi connectivity index (χ2v) is 7.96. The van der Waals surface area contributed by atoms with E-state index in [2.05, 4.69) is 44.4 Å². The molecular formula is C17H34N2. The van der Waals surface area contributed by atoms with E-state index in [-0.39, 0.29) is 0 Å². The minimum Gasteiger partial charge on any atom is -0.301 e. The van der Waals surface area contributed by atoms with Crippen LogP contribution in [0.3, 0.4) is 0 Å². The minimum absolute atomic E-state index is 0.367. The maximum absolute atomic E-state index is 2.67. The van der Waals surface area contributed by atoms with Gasteiger partial charge in [0.25, 0.3) is 0 Å². The lowest BCUT2D eigenvalue weighted by atomic mass is 9.78. The van der Waals surface area contributed by atoms with Gasteiger partial charge in [0.2, 0.25) is 0 Å². The van der Waals surface area contributed by atoms with Gasteiger partial charge in [-0.25, -0.2) is 0 Å². The van der Waals surface area contributed by atoms with E-state index in [1.165, 1.54) is 51.9 Å². The fourth-order valence-electron chi connectivity index (χ4n) is 3.95. The van der Waals surface area contributed by atoms with Crippen LogP contribution in [-0.2, 0) is 0 Å². The summed E-state index contributed by atoms with van der Waals surface area (Å²) in [6, 6.07) is 0.740. The average Bonchev–Trinajstić information content (AvgIpc) is 2.38. The average molecular weight is 266 g/mol. The van der Waals surface area contributed by atoms with Crippen LogP contribution in [0.2, 0.25) is 0 Å². The molecule has 0 aromatic rings. The Morgan fingerprint density at radius 1 is 0.789 bits per heavy atom. The number of piperidine rings is 2. The van der Waals surface area contributed by atoms with E-state index in [0.29, 0.717) is 5.54 Å². The molecule has 2 rings (SSSR count). The van der Waals surface area contributed by atoms with Gasteiger partial charge in [0.05, 0.1) is 0 Å². The van der Waals surface area contributed by atoms with Crippen LogP contribution >= 0.6 is 0 Å². The molecule has 0 saturated carbocycles. The molecule has 2 aliphatic rings. The van der Waals surface area contributed by atoms with Crippen LogP contribution in [-0.4, -0.2) is 47.6 Å². The Hall–Kier alpha value is -0.0800. The SMILES string of the molecule is CC(C)N1CCC(C2CCN(C(C)(C)C)CC2)CC1. The van der Waals surface area contributed by atoms with Gasteiger partial charge in [0, 0.05) is 11.6 Å². The van der Waals surface area contributed by atoms with E-state index in [1.807, 2.05) is 0 Å². The van der Waals surface area contributed by atoms with Crippen molar-refractivity contribution in [1.82, 2.24) is 9.80 Å². The van der Waals surface area contributed by atoms with Gasteiger partial charge in [-0.1, -0.05) is 0 Å². The summed E-state index contributed by atoms with van der Waals surface area (Å²) in [6.45, 7) is 17.0. The molecule has 0 aromatic carbocycles. The highest BCUT2D eigenvalue weighted by molar-refractivity contribution is 4.86. The molecule has 2 fully saturated rings. The van der Waals surface area contributed by atoms with Crippen molar-refractivity contribution in [3.05, 3.63) is 0 Å². The zero-order valence-corrected chi connectivity index (χ0v) is 13.8. The Balaban J connectivity index is 1.77. The highest BCUT2D eigenvalue weighted by atomic mass is 15.2. The highest BCUT2D eigenvalue weighted by Crippen LogP contribution is 2.34. The molecule has 0 aliphatic carbocycles. The zero-order chi connectivity index (χ0) is 14.0. The number of rotatable bonds is 2. The van der Waals surface area contributed by atoms with Gasteiger partial charge in [0.1, 0.15) is 0 Å². The largest absolute Gasteiger partial charge is 0.301 e. The van der Waals surface area contributed by atoms with E-state index in [1.54, 1.807) is 0 Å². The maximum Gasteiger partial charge on any atom is 0.0125 e. The molecule has 2 saturated heterocycles. The van der Waals surface area contributed by atoms with Crippen molar-refractivity contribution in [2.45, 2.75) is 71.9 Å². The van der Waals surface area contributed by atoms with E-state index in [0.717, 1.165) is 17.9 Å². The Kier molecular flexibility index (Phi) is 4.94. The van der Waals surface area contributed by atoms with Crippen molar-refractivity contribution in [3.8, 4) is 0 Å². The molecule has 0 unspecified atom stereocenters. The normalized spacial score (nSPS) is 26.2. The van der Waals surface area contributed by atoms with Crippen molar-refractivity contribution in [2.75, 3.05) is 26.2 Å². The van der Waals surface area contributed by atoms with E-state index in [9.17, 15) is 0 Å². The van der Waals surface area contributed by atoms with Crippen LogP contribution in [0, 0.1) is 11.8 Å². The highest BCUT2D eigenvalue weighted by Gasteiger charge is 2.32. The first-order chi connectivity index (χ1) is 8.88. The van der Waals surface area contributed by atoms with Gasteiger partial charge < -0.3 is 4.90 Å². The monoisotopic (exact) mass is 266 g/mol. The second-order valence-electron chi connectivity index (χ2n) is 7.96. The fraction of sp³-hybridized carbons (Fsp3) is 1.00. The molecule has 0 radical (unpaired) electrons. The standard InChI is InChI=1S/C17H34N2/c1-14(2)18-10-6-15(7-11-18)16-8-12-19(13-9-16)17(3,4)5/h14-16H,6-13H2,1-5H3. The summed E-state index contributed by atoms with van der Waals surface area (Å²) in [6.07, 6.45) is 5.75. The third-order valence-electron chi connectivity index (χ3n) is 5.46. The lowest BCUT2D eigenvalue weighted by molar-refractivity contribution is 0.0478. The van der Waals surface area contributed by atoms with Gasteiger partial charge in [-0.05, 0) is 98.3 Å². The predicted molar refractivity (Wildman–Crippen MR) is 83.5 cm³/mol. The van der Waals surface area contributed by atoms with E-state index >= 15 is 0 Å². The molecule has 0 spiro atoms. The first-order valence-electron chi connectivity index (χ1n) is 8.37. The molecule has 0 bridgehead atoms. The number of hydrogen-bond donors (Lipinski definition) is 0. The molecule has 0 aromatic heterocycles. The van der Waals surface area contributed by atoms with E-state index in [4.69, 9.17) is 0 Å². The Labute approximate surface area is 120 Å². The number of nitrogens with zero attached hydrogens (tertiary/aromatic N) is 2. The third kappa shape index (κ3) is 3.95. The second kappa shape index (κ2) is 6.13. The quantitative estimate of drug-likeness (QED) is 0.753. The van der Waals surface area contributed by atoms with Crippen molar-refractivity contribution in [1.29, 1.82) is 0 Å². The molecule has 2 heteroatoms. The van der Waals surface area contributed by atoms with Crippen LogP contribution < -0.4 is 0 Å². The summed E-state index contributed by atoms with van der Waals surface area (Å²) >= 11 is 0. The third-order valence-corrected chi connectivity index (χ3v) is 5.46. The van der Waals surface area contributed by atoms with Gasteiger partial charge in [-0.3, -0.25) is 4.90 Å². The Morgan fingerprint density at radius 2 is 1.21 bits per heavy atom. The van der Waals surface area contributed by atoms with Crippen LogP contribution in [0.4, 0.5) is 0 Å². The summed E-state index contributed by atoms with van der Waals surface area (Å²) in [5.74, 6) is 2.02. The Morgan fingerprint density at radius 3 is 1.58 bits per heavy atom. The molecule has 0 N–H and O–H groups in total. The van der Waals surface area contributed by atoms with Gasteiger partial charge >= 0.3 is 0 Å². The van der Waals surface area contributed by atoms with Crippen molar-refractivity contribution < 1.29 is 0 Å². The molecule has 2 nitrogen and oxygen atoms in total. The zero-order valence-electron chi connectivity index (χ0n) is 13.8. The lowest BCUT2D eigenvalue weighted by Crippen LogP contribution is -2.48. The smallest absolute Gasteiger partial charge is 0.0125 e. The fourth-order valence-corrected chi connectivity index (χ4v) is 3.95. The molecule has 2 heterocycles. The summed E-state index contributed by atoms with van der Waals surface area (Å²) in [5, 5.41) is 0. The molecule has 0 amide bonds. The Bertz CT molecular complexity index is 263. The van der Waals surface area contributed by atoms with Gasteiger partial charge in [-0.15, -0.1) is 0 Å². The van der Waals surface area contributed by atoms with E-state index < -0.39 is 0 Å². The summed E-state index contributed by atoms with van der Waals surface area (Å²) in [4.78, 5) is 5.33. The first-order valence-corrected chi connectivity index (χ1v) is 8.37. The van der Waals surface area contributed by atoms with Crippen molar-refractivity contribution >= 4 is 0 Å². The molecule has 2 aliphatic heterocycles. The predicted octanol–water partition coefficient (Wildman–Crippen LogP) is 3.62. The topological polar surface area (TPSA) is 6.48 Å². The number of hydrogen-bond acceptors (Lipinski definition) is 2. The maximum atomic E-state index is 2.67. The van der Waals surface area contributed by atoms with Crippen LogP contribution in [0.25, 0.3) is 0 Å². The molecular weight excluding hydrogens is 232 g/mol. The van der Waals surface area contributed by atoms with Crippen molar-refractivity contribution in [2.24, 2.45) is 11.8 Å². The van der Waals surface area contributed by atoms with Crippen LogP contribution in [0.1, 0.15) is 60.3 Å². The number of likely N-dealkylation sites (tertiary alicyclic amines) is 2. The molecule has 112 valence electrons. The lowest BCUT2D eigenvalue weighted by Gasteiger charge is -2.44. The summed E-state index contributed by atoms with van der Waals surface area (Å²) in [5.41, 5.74) is 0.367. The summed E-state index contributed by atoms with van der Waals surface area (Å²) in [7, 11) is 0. The van der Waals surface area contributed by atoms with Crippen LogP contribution in [0.15, 0.2) is 0 Å².